The average molecular weight is 293 g/mol. The summed E-state index contributed by atoms with van der Waals surface area (Å²) in [5.74, 6) is 0.535. The van der Waals surface area contributed by atoms with E-state index < -0.39 is 0 Å². The van der Waals surface area contributed by atoms with Gasteiger partial charge in [-0.1, -0.05) is 6.92 Å². The van der Waals surface area contributed by atoms with Gasteiger partial charge in [-0.2, -0.15) is 0 Å². The number of benzene rings is 1. The van der Waals surface area contributed by atoms with Crippen molar-refractivity contribution < 1.29 is 9.66 Å². The molecule has 1 aliphatic heterocycles. The second-order valence-electron chi connectivity index (χ2n) is 5.21. The lowest BCUT2D eigenvalue weighted by molar-refractivity contribution is -0.384. The minimum Gasteiger partial charge on any atom is -0.494 e. The largest absolute Gasteiger partial charge is 0.494 e. The number of nitrogens with zero attached hydrogens (tertiary/aromatic N) is 2. The fraction of sp³-hybridized carbons (Fsp3) is 0.600. The summed E-state index contributed by atoms with van der Waals surface area (Å²) in [6, 6.07) is 5.35. The van der Waals surface area contributed by atoms with E-state index in [1.165, 1.54) is 18.9 Å². The van der Waals surface area contributed by atoms with E-state index >= 15 is 0 Å². The molecular formula is C15H23N3O3. The number of ether oxygens (including phenoxy) is 1. The van der Waals surface area contributed by atoms with Gasteiger partial charge < -0.3 is 10.1 Å². The van der Waals surface area contributed by atoms with Gasteiger partial charge in [-0.15, -0.1) is 0 Å². The molecule has 1 N–H and O–H groups in total. The Morgan fingerprint density at radius 3 is 2.90 bits per heavy atom. The molecule has 0 bridgehead atoms. The number of non-ortho nitro benzene ring substituents is 1. The van der Waals surface area contributed by atoms with Crippen molar-refractivity contribution in [1.29, 1.82) is 0 Å². The summed E-state index contributed by atoms with van der Waals surface area (Å²) in [7, 11) is 0. The molecule has 1 unspecified atom stereocenters. The molecule has 1 fully saturated rings. The van der Waals surface area contributed by atoms with Crippen molar-refractivity contribution in [2.45, 2.75) is 32.7 Å². The van der Waals surface area contributed by atoms with Crippen LogP contribution in [0.2, 0.25) is 0 Å². The molecule has 1 aromatic rings. The topological polar surface area (TPSA) is 67.6 Å². The Morgan fingerprint density at radius 1 is 1.43 bits per heavy atom. The van der Waals surface area contributed by atoms with E-state index in [4.69, 9.17) is 4.74 Å². The van der Waals surface area contributed by atoms with Crippen LogP contribution in [0.5, 0.6) is 5.75 Å². The number of likely N-dealkylation sites (N-methyl/N-ethyl adjacent to an activating group) is 1. The molecule has 0 radical (unpaired) electrons. The maximum Gasteiger partial charge on any atom is 0.275 e. The van der Waals surface area contributed by atoms with E-state index in [1.54, 1.807) is 6.07 Å². The summed E-state index contributed by atoms with van der Waals surface area (Å²) in [6.07, 6.45) is 2.40. The number of nitrogens with one attached hydrogen (secondary N) is 1. The predicted octanol–water partition coefficient (Wildman–Crippen LogP) is 2.89. The van der Waals surface area contributed by atoms with E-state index in [-0.39, 0.29) is 10.6 Å². The Morgan fingerprint density at radius 2 is 2.24 bits per heavy atom. The molecule has 1 aliphatic rings. The number of nitro benzene ring substituents is 1. The van der Waals surface area contributed by atoms with Crippen LogP contribution >= 0.6 is 0 Å². The summed E-state index contributed by atoms with van der Waals surface area (Å²) in [6.45, 7) is 7.52. The molecule has 116 valence electrons. The van der Waals surface area contributed by atoms with Crippen LogP contribution in [0.25, 0.3) is 0 Å². The predicted molar refractivity (Wildman–Crippen MR) is 83.0 cm³/mol. The molecule has 0 aromatic heterocycles. The Kier molecular flexibility index (Phi) is 5.38. The van der Waals surface area contributed by atoms with Crippen LogP contribution in [0.15, 0.2) is 18.2 Å². The molecule has 1 aromatic carbocycles. The van der Waals surface area contributed by atoms with Crippen LogP contribution in [0, 0.1) is 10.1 Å². The monoisotopic (exact) mass is 293 g/mol. The summed E-state index contributed by atoms with van der Waals surface area (Å²) in [5, 5.41) is 14.3. The number of rotatable bonds is 7. The molecule has 6 nitrogen and oxygen atoms in total. The fourth-order valence-electron chi connectivity index (χ4n) is 2.82. The standard InChI is InChI=1S/C15H23N3O3/c1-3-17-7-5-6-13(17)11-16-12-8-14(18(19)20)10-15(9-12)21-4-2/h8-10,13,16H,3-7,11H2,1-2H3. The van der Waals surface area contributed by atoms with Gasteiger partial charge in [0.2, 0.25) is 0 Å². The Balaban J connectivity index is 2.06. The molecule has 1 heterocycles. The van der Waals surface area contributed by atoms with Crippen LogP contribution in [0.1, 0.15) is 26.7 Å². The average Bonchev–Trinajstić information content (AvgIpc) is 2.92. The molecule has 2 rings (SSSR count). The number of likely N-dealkylation sites (tertiary alicyclic amines) is 1. The van der Waals surface area contributed by atoms with Gasteiger partial charge in [-0.3, -0.25) is 15.0 Å². The summed E-state index contributed by atoms with van der Waals surface area (Å²) < 4.78 is 5.40. The quantitative estimate of drug-likeness (QED) is 0.618. The Labute approximate surface area is 125 Å². The highest BCUT2D eigenvalue weighted by molar-refractivity contribution is 5.56. The molecule has 0 aliphatic carbocycles. The normalized spacial score (nSPS) is 18.7. The third-order valence-corrected chi connectivity index (χ3v) is 3.86. The second kappa shape index (κ2) is 7.26. The van der Waals surface area contributed by atoms with Crippen molar-refractivity contribution in [3.63, 3.8) is 0 Å². The molecule has 21 heavy (non-hydrogen) atoms. The maximum atomic E-state index is 11.0. The highest BCUT2D eigenvalue weighted by Crippen LogP contribution is 2.26. The minimum atomic E-state index is -0.387. The van der Waals surface area contributed by atoms with Gasteiger partial charge in [0.05, 0.1) is 17.6 Å². The number of hydrogen-bond donors (Lipinski definition) is 1. The fourth-order valence-corrected chi connectivity index (χ4v) is 2.82. The lowest BCUT2D eigenvalue weighted by Gasteiger charge is -2.23. The number of anilines is 1. The smallest absolute Gasteiger partial charge is 0.275 e. The van der Waals surface area contributed by atoms with Gasteiger partial charge in [-0.25, -0.2) is 0 Å². The molecule has 6 heteroatoms. The highest BCUT2D eigenvalue weighted by atomic mass is 16.6. The van der Waals surface area contributed by atoms with Crippen LogP contribution in [-0.2, 0) is 0 Å². The molecule has 0 saturated carbocycles. The first-order valence-corrected chi connectivity index (χ1v) is 7.54. The summed E-state index contributed by atoms with van der Waals surface area (Å²) in [5.41, 5.74) is 0.804. The van der Waals surface area contributed by atoms with Crippen LogP contribution in [0.4, 0.5) is 11.4 Å². The van der Waals surface area contributed by atoms with Gasteiger partial charge in [0.15, 0.2) is 0 Å². The number of nitro groups is 1. The molecule has 1 atom stereocenters. The van der Waals surface area contributed by atoms with Crippen molar-refractivity contribution in [1.82, 2.24) is 4.90 Å². The lowest BCUT2D eigenvalue weighted by Crippen LogP contribution is -2.34. The third-order valence-electron chi connectivity index (χ3n) is 3.86. The zero-order valence-electron chi connectivity index (χ0n) is 12.7. The zero-order valence-corrected chi connectivity index (χ0v) is 12.7. The van der Waals surface area contributed by atoms with Crippen molar-refractivity contribution in [2.24, 2.45) is 0 Å². The van der Waals surface area contributed by atoms with E-state index in [0.29, 0.717) is 18.4 Å². The summed E-state index contributed by atoms with van der Waals surface area (Å²) >= 11 is 0. The zero-order chi connectivity index (χ0) is 15.2. The van der Waals surface area contributed by atoms with E-state index in [2.05, 4.69) is 17.1 Å². The van der Waals surface area contributed by atoms with Gasteiger partial charge in [0.25, 0.3) is 5.69 Å². The van der Waals surface area contributed by atoms with Gasteiger partial charge in [-0.05, 0) is 32.9 Å². The van der Waals surface area contributed by atoms with Crippen LogP contribution < -0.4 is 10.1 Å². The SMILES string of the molecule is CCOc1cc(NCC2CCCN2CC)cc([N+](=O)[O-])c1. The van der Waals surface area contributed by atoms with Crippen molar-refractivity contribution in [3.05, 3.63) is 28.3 Å². The Hall–Kier alpha value is -1.82. The first kappa shape index (κ1) is 15.6. The second-order valence-corrected chi connectivity index (χ2v) is 5.21. The molecule has 0 amide bonds. The van der Waals surface area contributed by atoms with Crippen molar-refractivity contribution >= 4 is 11.4 Å². The first-order valence-electron chi connectivity index (χ1n) is 7.54. The number of hydrogen-bond acceptors (Lipinski definition) is 5. The van der Waals surface area contributed by atoms with Gasteiger partial charge in [0.1, 0.15) is 5.75 Å². The maximum absolute atomic E-state index is 11.0. The highest BCUT2D eigenvalue weighted by Gasteiger charge is 2.22. The summed E-state index contributed by atoms with van der Waals surface area (Å²) in [4.78, 5) is 13.0. The molecule has 1 saturated heterocycles. The minimum absolute atomic E-state index is 0.0576. The van der Waals surface area contributed by atoms with Crippen molar-refractivity contribution in [2.75, 3.05) is 31.6 Å². The van der Waals surface area contributed by atoms with E-state index in [9.17, 15) is 10.1 Å². The van der Waals surface area contributed by atoms with Gasteiger partial charge >= 0.3 is 0 Å². The van der Waals surface area contributed by atoms with Crippen LogP contribution in [0.3, 0.4) is 0 Å². The Bertz CT molecular complexity index is 493. The molecular weight excluding hydrogens is 270 g/mol. The van der Waals surface area contributed by atoms with E-state index in [0.717, 1.165) is 25.3 Å². The first-order chi connectivity index (χ1) is 10.1. The van der Waals surface area contributed by atoms with E-state index in [1.807, 2.05) is 13.0 Å². The third kappa shape index (κ3) is 4.07. The van der Waals surface area contributed by atoms with Crippen molar-refractivity contribution in [3.8, 4) is 5.75 Å². The van der Waals surface area contributed by atoms with Gasteiger partial charge in [0, 0.05) is 30.4 Å². The molecule has 0 spiro atoms. The van der Waals surface area contributed by atoms with Crippen LogP contribution in [-0.4, -0.2) is 42.1 Å². The lowest BCUT2D eigenvalue weighted by atomic mass is 10.2.